The molecule has 2 unspecified atom stereocenters. The first-order valence-electron chi connectivity index (χ1n) is 6.63. The Hall–Kier alpha value is -0.130. The van der Waals surface area contributed by atoms with E-state index in [-0.39, 0.29) is 0 Å². The number of hydrogen-bond donors (Lipinski definition) is 1. The Bertz CT molecular complexity index is 337. The molecule has 0 saturated carbocycles. The molecule has 1 aromatic rings. The third kappa shape index (κ3) is 5.24. The van der Waals surface area contributed by atoms with Crippen LogP contribution in [0.15, 0.2) is 24.3 Å². The largest absolute Gasteiger partial charge is 0.380 e. The van der Waals surface area contributed by atoms with Crippen LogP contribution in [0.5, 0.6) is 0 Å². The zero-order valence-electron chi connectivity index (χ0n) is 11.7. The van der Waals surface area contributed by atoms with E-state index in [1.807, 2.05) is 6.92 Å². The first-order valence-corrected chi connectivity index (χ1v) is 7.71. The van der Waals surface area contributed by atoms with Gasteiger partial charge in [-0.15, -0.1) is 0 Å². The van der Waals surface area contributed by atoms with Crippen molar-refractivity contribution in [2.45, 2.75) is 39.8 Å². The highest BCUT2D eigenvalue weighted by molar-refractivity contribution is 14.1. The van der Waals surface area contributed by atoms with Crippen molar-refractivity contribution < 1.29 is 4.74 Å². The standard InChI is InChI=1S/C15H24INO/c1-5-18-10-15(11(2)3)17-12(4)13-6-8-14(16)9-7-13/h6-9,11-12,15,17H,5,10H2,1-4H3. The molecular weight excluding hydrogens is 337 g/mol. The summed E-state index contributed by atoms with van der Waals surface area (Å²) < 4.78 is 6.83. The van der Waals surface area contributed by atoms with E-state index in [9.17, 15) is 0 Å². The summed E-state index contributed by atoms with van der Waals surface area (Å²) in [6.07, 6.45) is 0. The van der Waals surface area contributed by atoms with Gasteiger partial charge in [-0.2, -0.15) is 0 Å². The normalized spacial score (nSPS) is 14.8. The average molecular weight is 361 g/mol. The Balaban J connectivity index is 2.59. The molecule has 0 spiro atoms. The van der Waals surface area contributed by atoms with Crippen LogP contribution in [0.2, 0.25) is 0 Å². The summed E-state index contributed by atoms with van der Waals surface area (Å²) in [6, 6.07) is 9.45. The van der Waals surface area contributed by atoms with Gasteiger partial charge in [-0.25, -0.2) is 0 Å². The van der Waals surface area contributed by atoms with Gasteiger partial charge in [-0.3, -0.25) is 0 Å². The van der Waals surface area contributed by atoms with Crippen molar-refractivity contribution in [3.05, 3.63) is 33.4 Å². The second-order valence-electron chi connectivity index (χ2n) is 4.95. The molecule has 18 heavy (non-hydrogen) atoms. The van der Waals surface area contributed by atoms with Crippen molar-refractivity contribution in [3.8, 4) is 0 Å². The molecule has 1 rings (SSSR count). The topological polar surface area (TPSA) is 21.3 Å². The summed E-state index contributed by atoms with van der Waals surface area (Å²) in [5.41, 5.74) is 1.33. The van der Waals surface area contributed by atoms with Gasteiger partial charge in [0.2, 0.25) is 0 Å². The number of rotatable bonds is 7. The number of ether oxygens (including phenoxy) is 1. The maximum atomic E-state index is 5.55. The van der Waals surface area contributed by atoms with E-state index >= 15 is 0 Å². The zero-order valence-corrected chi connectivity index (χ0v) is 13.9. The third-order valence-electron chi connectivity index (χ3n) is 3.14. The minimum absolute atomic E-state index is 0.356. The predicted octanol–water partition coefficient (Wildman–Crippen LogP) is 4.00. The molecule has 0 aliphatic rings. The van der Waals surface area contributed by atoms with Crippen molar-refractivity contribution >= 4 is 22.6 Å². The summed E-state index contributed by atoms with van der Waals surface area (Å²) >= 11 is 2.33. The molecule has 1 aromatic carbocycles. The number of halogens is 1. The van der Waals surface area contributed by atoms with Gasteiger partial charge in [0.05, 0.1) is 6.61 Å². The molecule has 1 N–H and O–H groups in total. The van der Waals surface area contributed by atoms with E-state index in [0.717, 1.165) is 13.2 Å². The van der Waals surface area contributed by atoms with Crippen molar-refractivity contribution in [1.29, 1.82) is 0 Å². The van der Waals surface area contributed by atoms with Crippen LogP contribution in [0, 0.1) is 9.49 Å². The molecule has 2 nitrogen and oxygen atoms in total. The molecule has 3 heteroatoms. The van der Waals surface area contributed by atoms with Gasteiger partial charge in [0.25, 0.3) is 0 Å². The molecule has 2 atom stereocenters. The maximum absolute atomic E-state index is 5.55. The highest BCUT2D eigenvalue weighted by Gasteiger charge is 2.16. The van der Waals surface area contributed by atoms with Crippen LogP contribution in [0.4, 0.5) is 0 Å². The molecule has 0 aliphatic heterocycles. The number of benzene rings is 1. The maximum Gasteiger partial charge on any atom is 0.0622 e. The average Bonchev–Trinajstić information content (AvgIpc) is 2.34. The van der Waals surface area contributed by atoms with Crippen molar-refractivity contribution in [2.75, 3.05) is 13.2 Å². The molecule has 0 bridgehead atoms. The second kappa shape index (κ2) is 8.12. The molecule has 102 valence electrons. The van der Waals surface area contributed by atoms with Crippen molar-refractivity contribution in [1.82, 2.24) is 5.32 Å². The quantitative estimate of drug-likeness (QED) is 0.742. The smallest absolute Gasteiger partial charge is 0.0622 e. The van der Waals surface area contributed by atoms with Crippen LogP contribution in [0.1, 0.15) is 39.3 Å². The van der Waals surface area contributed by atoms with Crippen molar-refractivity contribution in [3.63, 3.8) is 0 Å². The molecule has 0 aliphatic carbocycles. The van der Waals surface area contributed by atoms with Crippen LogP contribution < -0.4 is 5.32 Å². The first-order chi connectivity index (χ1) is 8.54. The second-order valence-corrected chi connectivity index (χ2v) is 6.20. The fraction of sp³-hybridized carbons (Fsp3) is 0.600. The minimum atomic E-state index is 0.356. The Morgan fingerprint density at radius 3 is 2.28 bits per heavy atom. The van der Waals surface area contributed by atoms with Crippen LogP contribution >= 0.6 is 22.6 Å². The van der Waals surface area contributed by atoms with Gasteiger partial charge in [0.15, 0.2) is 0 Å². The van der Waals surface area contributed by atoms with Gasteiger partial charge >= 0.3 is 0 Å². The first kappa shape index (κ1) is 15.9. The summed E-state index contributed by atoms with van der Waals surface area (Å²) in [4.78, 5) is 0. The van der Waals surface area contributed by atoms with Gasteiger partial charge in [0.1, 0.15) is 0 Å². The molecular formula is C15H24INO. The number of hydrogen-bond acceptors (Lipinski definition) is 2. The van der Waals surface area contributed by atoms with E-state index in [1.54, 1.807) is 0 Å². The lowest BCUT2D eigenvalue weighted by atomic mass is 10.0. The molecule has 0 radical (unpaired) electrons. The fourth-order valence-electron chi connectivity index (χ4n) is 1.85. The Kier molecular flexibility index (Phi) is 7.19. The van der Waals surface area contributed by atoms with Crippen LogP contribution in [-0.2, 0) is 4.74 Å². The van der Waals surface area contributed by atoms with Gasteiger partial charge in [-0.05, 0) is 60.1 Å². The van der Waals surface area contributed by atoms with E-state index in [4.69, 9.17) is 4.74 Å². The Labute approximate surface area is 125 Å². The van der Waals surface area contributed by atoms with Crippen LogP contribution in [0.3, 0.4) is 0 Å². The minimum Gasteiger partial charge on any atom is -0.380 e. The zero-order chi connectivity index (χ0) is 13.5. The summed E-state index contributed by atoms with van der Waals surface area (Å²) in [5, 5.41) is 3.66. The predicted molar refractivity (Wildman–Crippen MR) is 85.8 cm³/mol. The monoisotopic (exact) mass is 361 g/mol. The molecule has 0 saturated heterocycles. The van der Waals surface area contributed by atoms with Gasteiger partial charge in [-0.1, -0.05) is 26.0 Å². The van der Waals surface area contributed by atoms with E-state index in [2.05, 4.69) is 72.9 Å². The Morgan fingerprint density at radius 1 is 1.17 bits per heavy atom. The lowest BCUT2D eigenvalue weighted by Crippen LogP contribution is -2.39. The lowest BCUT2D eigenvalue weighted by molar-refractivity contribution is 0.104. The molecule has 0 aromatic heterocycles. The molecule has 0 heterocycles. The molecule has 0 amide bonds. The summed E-state index contributed by atoms with van der Waals surface area (Å²) in [7, 11) is 0. The lowest BCUT2D eigenvalue weighted by Gasteiger charge is -2.26. The van der Waals surface area contributed by atoms with Crippen molar-refractivity contribution in [2.24, 2.45) is 5.92 Å². The molecule has 0 fully saturated rings. The van der Waals surface area contributed by atoms with E-state index < -0.39 is 0 Å². The highest BCUT2D eigenvalue weighted by Crippen LogP contribution is 2.16. The SMILES string of the molecule is CCOCC(NC(C)c1ccc(I)cc1)C(C)C. The fourth-order valence-corrected chi connectivity index (χ4v) is 2.21. The Morgan fingerprint density at radius 2 is 1.78 bits per heavy atom. The highest BCUT2D eigenvalue weighted by atomic mass is 127. The van der Waals surface area contributed by atoms with E-state index in [0.29, 0.717) is 18.0 Å². The number of nitrogens with one attached hydrogen (secondary N) is 1. The summed E-state index contributed by atoms with van der Waals surface area (Å²) in [5.74, 6) is 0.572. The third-order valence-corrected chi connectivity index (χ3v) is 3.86. The van der Waals surface area contributed by atoms with Gasteiger partial charge < -0.3 is 10.1 Å². The van der Waals surface area contributed by atoms with Crippen LogP contribution in [-0.4, -0.2) is 19.3 Å². The van der Waals surface area contributed by atoms with E-state index in [1.165, 1.54) is 9.13 Å². The van der Waals surface area contributed by atoms with Gasteiger partial charge in [0, 0.05) is 22.3 Å². The summed E-state index contributed by atoms with van der Waals surface area (Å²) in [6.45, 7) is 10.3. The van der Waals surface area contributed by atoms with Crippen LogP contribution in [0.25, 0.3) is 0 Å².